The van der Waals surface area contributed by atoms with Crippen LogP contribution in [0.25, 0.3) is 0 Å². The molecule has 1 heterocycles. The molecule has 2 aromatic rings. The summed E-state index contributed by atoms with van der Waals surface area (Å²) >= 11 is 0. The van der Waals surface area contributed by atoms with E-state index in [2.05, 4.69) is 5.32 Å². The number of amides is 1. The van der Waals surface area contributed by atoms with E-state index >= 15 is 0 Å². The van der Waals surface area contributed by atoms with Crippen LogP contribution < -0.4 is 5.32 Å². The quantitative estimate of drug-likeness (QED) is 0.616. The third-order valence-corrected chi connectivity index (χ3v) is 6.99. The molecule has 8 heteroatoms. The number of carbonyl (C=O) groups is 1. The normalized spacial score (nSPS) is 15.8. The smallest absolute Gasteiger partial charge is 0.223 e. The van der Waals surface area contributed by atoms with Crippen LogP contribution in [0.15, 0.2) is 54.6 Å². The zero-order chi connectivity index (χ0) is 21.4. The van der Waals surface area contributed by atoms with Crippen LogP contribution in [0, 0.1) is 11.7 Å². The van der Waals surface area contributed by atoms with E-state index in [-0.39, 0.29) is 17.6 Å². The van der Waals surface area contributed by atoms with Gasteiger partial charge >= 0.3 is 0 Å². The van der Waals surface area contributed by atoms with Gasteiger partial charge in [0, 0.05) is 25.6 Å². The lowest BCUT2D eigenvalue weighted by Gasteiger charge is -2.30. The van der Waals surface area contributed by atoms with Gasteiger partial charge in [0.1, 0.15) is 5.82 Å². The highest BCUT2D eigenvalue weighted by atomic mass is 32.2. The second kappa shape index (κ2) is 10.7. The summed E-state index contributed by atoms with van der Waals surface area (Å²) in [4.78, 5) is 12.3. The van der Waals surface area contributed by atoms with Crippen molar-refractivity contribution in [3.63, 3.8) is 0 Å². The second-order valence-corrected chi connectivity index (χ2v) is 9.35. The fourth-order valence-electron chi connectivity index (χ4n) is 3.43. The van der Waals surface area contributed by atoms with Crippen LogP contribution in [0.1, 0.15) is 24.0 Å². The highest BCUT2D eigenvalue weighted by Crippen LogP contribution is 2.22. The SMILES string of the molecule is O=C(NCCOCc1ccccc1)C1CCN(S(=O)(=O)Cc2ccc(F)cc2)CC1. The van der Waals surface area contributed by atoms with Crippen LogP contribution in [0.4, 0.5) is 4.39 Å². The van der Waals surface area contributed by atoms with Gasteiger partial charge in [0.15, 0.2) is 0 Å². The van der Waals surface area contributed by atoms with Crippen molar-refractivity contribution >= 4 is 15.9 Å². The van der Waals surface area contributed by atoms with E-state index in [0.717, 1.165) is 5.56 Å². The van der Waals surface area contributed by atoms with Crippen LogP contribution in [0.2, 0.25) is 0 Å². The van der Waals surface area contributed by atoms with Crippen molar-refractivity contribution in [3.8, 4) is 0 Å². The molecule has 0 unspecified atom stereocenters. The molecule has 0 spiro atoms. The number of benzene rings is 2. The topological polar surface area (TPSA) is 75.7 Å². The Balaban J connectivity index is 1.36. The van der Waals surface area contributed by atoms with Crippen LogP contribution in [0.3, 0.4) is 0 Å². The highest BCUT2D eigenvalue weighted by molar-refractivity contribution is 7.88. The van der Waals surface area contributed by atoms with Gasteiger partial charge in [-0.3, -0.25) is 4.79 Å². The molecule has 1 saturated heterocycles. The lowest BCUT2D eigenvalue weighted by atomic mass is 9.97. The molecule has 6 nitrogen and oxygen atoms in total. The summed E-state index contributed by atoms with van der Waals surface area (Å²) in [5.41, 5.74) is 1.63. The number of nitrogens with one attached hydrogen (secondary N) is 1. The molecule has 2 aromatic carbocycles. The number of rotatable bonds is 9. The van der Waals surface area contributed by atoms with Gasteiger partial charge in [0.05, 0.1) is 19.0 Å². The predicted molar refractivity (Wildman–Crippen MR) is 112 cm³/mol. The standard InChI is InChI=1S/C22H27FN2O4S/c23-21-8-6-19(7-9-21)17-30(27,28)25-13-10-20(11-14-25)22(26)24-12-15-29-16-18-4-2-1-3-5-18/h1-9,20H,10-17H2,(H,24,26). The van der Waals surface area contributed by atoms with E-state index in [0.29, 0.717) is 51.3 Å². The lowest BCUT2D eigenvalue weighted by molar-refractivity contribution is -0.126. The monoisotopic (exact) mass is 434 g/mol. The minimum absolute atomic E-state index is 0.0612. The molecular formula is C22H27FN2O4S. The van der Waals surface area contributed by atoms with E-state index in [9.17, 15) is 17.6 Å². The van der Waals surface area contributed by atoms with Gasteiger partial charge in [-0.05, 0) is 36.1 Å². The first-order valence-corrected chi connectivity index (χ1v) is 11.7. The van der Waals surface area contributed by atoms with Crippen molar-refractivity contribution in [1.82, 2.24) is 9.62 Å². The minimum atomic E-state index is -3.49. The molecular weight excluding hydrogens is 407 g/mol. The molecule has 0 radical (unpaired) electrons. The molecule has 30 heavy (non-hydrogen) atoms. The van der Waals surface area contributed by atoms with Crippen LogP contribution >= 0.6 is 0 Å². The molecule has 1 amide bonds. The number of hydrogen-bond donors (Lipinski definition) is 1. The molecule has 162 valence electrons. The summed E-state index contributed by atoms with van der Waals surface area (Å²) in [5, 5.41) is 2.87. The zero-order valence-corrected chi connectivity index (χ0v) is 17.6. The summed E-state index contributed by atoms with van der Waals surface area (Å²) in [6, 6.07) is 15.3. The molecule has 0 atom stereocenters. The van der Waals surface area contributed by atoms with Crippen LogP contribution in [-0.2, 0) is 31.9 Å². The minimum Gasteiger partial charge on any atom is -0.375 e. The van der Waals surface area contributed by atoms with Crippen LogP contribution in [-0.4, -0.2) is 44.9 Å². The Kier molecular flexibility index (Phi) is 7.95. The van der Waals surface area contributed by atoms with Crippen molar-refractivity contribution in [2.75, 3.05) is 26.2 Å². The fraction of sp³-hybridized carbons (Fsp3) is 0.409. The van der Waals surface area contributed by atoms with Crippen molar-refractivity contribution in [3.05, 3.63) is 71.5 Å². The fourth-order valence-corrected chi connectivity index (χ4v) is 5.00. The molecule has 0 bridgehead atoms. The summed E-state index contributed by atoms with van der Waals surface area (Å²) in [5.74, 6) is -0.818. The number of nitrogens with zero attached hydrogens (tertiary/aromatic N) is 1. The molecule has 3 rings (SSSR count). The predicted octanol–water partition coefficient (Wildman–Crippen LogP) is 2.70. The number of piperidine rings is 1. The molecule has 1 N–H and O–H groups in total. The highest BCUT2D eigenvalue weighted by Gasteiger charge is 2.31. The molecule has 0 aliphatic carbocycles. The zero-order valence-electron chi connectivity index (χ0n) is 16.8. The maximum atomic E-state index is 13.0. The number of sulfonamides is 1. The Hall–Kier alpha value is -2.29. The molecule has 0 aromatic heterocycles. The Labute approximate surface area is 177 Å². The van der Waals surface area contributed by atoms with Crippen molar-refractivity contribution in [2.24, 2.45) is 5.92 Å². The van der Waals surface area contributed by atoms with E-state index < -0.39 is 15.8 Å². The van der Waals surface area contributed by atoms with Crippen molar-refractivity contribution in [2.45, 2.75) is 25.2 Å². The lowest BCUT2D eigenvalue weighted by Crippen LogP contribution is -2.43. The van der Waals surface area contributed by atoms with E-state index in [1.54, 1.807) is 0 Å². The molecule has 1 aliphatic rings. The van der Waals surface area contributed by atoms with E-state index in [1.807, 2.05) is 30.3 Å². The number of hydrogen-bond acceptors (Lipinski definition) is 4. The summed E-state index contributed by atoms with van der Waals surface area (Å²) in [7, 11) is -3.49. The van der Waals surface area contributed by atoms with Crippen LogP contribution in [0.5, 0.6) is 0 Å². The van der Waals surface area contributed by atoms with Crippen molar-refractivity contribution < 1.29 is 22.3 Å². The van der Waals surface area contributed by atoms with Gasteiger partial charge in [-0.25, -0.2) is 17.1 Å². The number of halogens is 1. The summed E-state index contributed by atoms with van der Waals surface area (Å²) < 4.78 is 45.2. The Morgan fingerprint density at radius 1 is 1.03 bits per heavy atom. The first-order valence-electron chi connectivity index (χ1n) is 10.1. The maximum Gasteiger partial charge on any atom is 0.223 e. The maximum absolute atomic E-state index is 13.0. The first-order chi connectivity index (χ1) is 14.4. The molecule has 0 saturated carbocycles. The first kappa shape index (κ1) is 22.4. The van der Waals surface area contributed by atoms with Gasteiger partial charge in [-0.1, -0.05) is 42.5 Å². The van der Waals surface area contributed by atoms with Crippen molar-refractivity contribution in [1.29, 1.82) is 0 Å². The number of ether oxygens (including phenoxy) is 1. The second-order valence-electron chi connectivity index (χ2n) is 7.39. The van der Waals surface area contributed by atoms with Gasteiger partial charge in [0.25, 0.3) is 0 Å². The largest absolute Gasteiger partial charge is 0.375 e. The van der Waals surface area contributed by atoms with Gasteiger partial charge in [0.2, 0.25) is 15.9 Å². The summed E-state index contributed by atoms with van der Waals surface area (Å²) in [6.07, 6.45) is 0.971. The molecule has 1 aliphatic heterocycles. The Morgan fingerprint density at radius 3 is 2.37 bits per heavy atom. The van der Waals surface area contributed by atoms with Gasteiger partial charge in [-0.2, -0.15) is 0 Å². The third kappa shape index (κ3) is 6.62. The Bertz CT molecular complexity index is 912. The summed E-state index contributed by atoms with van der Waals surface area (Å²) in [6.45, 7) is 1.97. The average Bonchev–Trinajstić information content (AvgIpc) is 2.76. The average molecular weight is 435 g/mol. The van der Waals surface area contributed by atoms with Gasteiger partial charge < -0.3 is 10.1 Å². The Morgan fingerprint density at radius 2 is 1.70 bits per heavy atom. The van der Waals surface area contributed by atoms with E-state index in [1.165, 1.54) is 28.6 Å². The molecule has 1 fully saturated rings. The van der Waals surface area contributed by atoms with Gasteiger partial charge in [-0.15, -0.1) is 0 Å². The third-order valence-electron chi connectivity index (χ3n) is 5.14. The number of carbonyl (C=O) groups excluding carboxylic acids is 1. The van der Waals surface area contributed by atoms with E-state index in [4.69, 9.17) is 4.74 Å².